The highest BCUT2D eigenvalue weighted by Gasteiger charge is 2.24. The summed E-state index contributed by atoms with van der Waals surface area (Å²) in [7, 11) is 0. The SMILES string of the molecule is Cc1nc(NC(=O)c2cc3c(C)nn(-c4ccccc4)c3s2)sc1C(=O)N1CCOCC1. The van der Waals surface area contributed by atoms with E-state index in [9.17, 15) is 9.59 Å². The molecule has 4 aromatic rings. The van der Waals surface area contributed by atoms with Crippen molar-refractivity contribution in [3.05, 3.63) is 57.5 Å². The second-order valence-electron chi connectivity index (χ2n) is 7.45. The van der Waals surface area contributed by atoms with Crippen LogP contribution in [0.1, 0.15) is 30.7 Å². The largest absolute Gasteiger partial charge is 0.378 e. The van der Waals surface area contributed by atoms with Crippen molar-refractivity contribution in [2.45, 2.75) is 13.8 Å². The van der Waals surface area contributed by atoms with E-state index in [4.69, 9.17) is 4.74 Å². The highest BCUT2D eigenvalue weighted by molar-refractivity contribution is 7.21. The zero-order chi connectivity index (χ0) is 22.2. The van der Waals surface area contributed by atoms with Crippen molar-refractivity contribution < 1.29 is 14.3 Å². The summed E-state index contributed by atoms with van der Waals surface area (Å²) in [5.74, 6) is -0.312. The lowest BCUT2D eigenvalue weighted by molar-refractivity contribution is 0.0305. The van der Waals surface area contributed by atoms with Gasteiger partial charge in [0.2, 0.25) is 0 Å². The minimum atomic E-state index is -0.246. The lowest BCUT2D eigenvalue weighted by Gasteiger charge is -2.26. The lowest BCUT2D eigenvalue weighted by atomic mass is 10.3. The molecule has 1 fully saturated rings. The van der Waals surface area contributed by atoms with Crippen LogP contribution in [0.2, 0.25) is 0 Å². The summed E-state index contributed by atoms with van der Waals surface area (Å²) in [6.07, 6.45) is 0. The Labute approximate surface area is 192 Å². The molecule has 32 heavy (non-hydrogen) atoms. The molecule has 0 saturated carbocycles. The van der Waals surface area contributed by atoms with Crippen molar-refractivity contribution in [1.29, 1.82) is 0 Å². The first kappa shape index (κ1) is 20.8. The molecule has 8 nitrogen and oxygen atoms in total. The second-order valence-corrected chi connectivity index (χ2v) is 9.48. The molecule has 0 aliphatic carbocycles. The van der Waals surface area contributed by atoms with Gasteiger partial charge in [0.05, 0.1) is 35.2 Å². The number of ether oxygens (including phenoxy) is 1. The van der Waals surface area contributed by atoms with E-state index in [1.807, 2.05) is 48.0 Å². The van der Waals surface area contributed by atoms with Crippen LogP contribution < -0.4 is 5.32 Å². The monoisotopic (exact) mass is 467 g/mol. The molecule has 2 amide bonds. The van der Waals surface area contributed by atoms with E-state index >= 15 is 0 Å². The van der Waals surface area contributed by atoms with Crippen LogP contribution in [-0.2, 0) is 4.74 Å². The Bertz CT molecular complexity index is 1300. The van der Waals surface area contributed by atoms with Gasteiger partial charge in [-0.05, 0) is 32.0 Å². The number of thiophene rings is 1. The first-order valence-electron chi connectivity index (χ1n) is 10.2. The van der Waals surface area contributed by atoms with E-state index in [-0.39, 0.29) is 11.8 Å². The number of nitrogens with one attached hydrogen (secondary N) is 1. The number of nitrogens with zero attached hydrogens (tertiary/aromatic N) is 4. The zero-order valence-electron chi connectivity index (χ0n) is 17.6. The average Bonchev–Trinajstić information content (AvgIpc) is 3.49. The van der Waals surface area contributed by atoms with Crippen LogP contribution in [0.3, 0.4) is 0 Å². The molecule has 0 bridgehead atoms. The first-order valence-corrected chi connectivity index (χ1v) is 11.8. The normalized spacial score (nSPS) is 14.1. The van der Waals surface area contributed by atoms with Gasteiger partial charge in [-0.3, -0.25) is 14.9 Å². The molecule has 1 aliphatic rings. The van der Waals surface area contributed by atoms with Crippen LogP contribution in [0.25, 0.3) is 15.9 Å². The predicted octanol–water partition coefficient (Wildman–Crippen LogP) is 3.89. The van der Waals surface area contributed by atoms with Crippen molar-refractivity contribution in [3.8, 4) is 5.69 Å². The van der Waals surface area contributed by atoms with Crippen molar-refractivity contribution in [1.82, 2.24) is 19.7 Å². The third kappa shape index (κ3) is 3.81. The van der Waals surface area contributed by atoms with E-state index in [0.29, 0.717) is 46.9 Å². The van der Waals surface area contributed by atoms with Gasteiger partial charge in [-0.25, -0.2) is 9.67 Å². The standard InChI is InChI=1S/C22H21N5O3S2/c1-13-16-12-17(31-21(16)27(25-13)15-6-4-3-5-7-15)19(28)24-22-23-14(2)18(32-22)20(29)26-8-10-30-11-9-26/h3-7,12H,8-11H2,1-2H3,(H,23,24,28). The molecular formula is C22H21N5O3S2. The number of thiazole rings is 1. The molecule has 1 aliphatic heterocycles. The summed E-state index contributed by atoms with van der Waals surface area (Å²) in [5, 5.41) is 8.84. The summed E-state index contributed by atoms with van der Waals surface area (Å²) in [6, 6.07) is 11.7. The molecule has 0 atom stereocenters. The van der Waals surface area contributed by atoms with Crippen LogP contribution in [0, 0.1) is 13.8 Å². The predicted molar refractivity (Wildman–Crippen MR) is 125 cm³/mol. The van der Waals surface area contributed by atoms with Crippen LogP contribution in [0.15, 0.2) is 36.4 Å². The summed E-state index contributed by atoms with van der Waals surface area (Å²) in [6.45, 7) is 5.94. The molecule has 1 N–H and O–H groups in total. The zero-order valence-corrected chi connectivity index (χ0v) is 19.3. The quantitative estimate of drug-likeness (QED) is 0.492. The number of aromatic nitrogens is 3. The molecule has 3 aromatic heterocycles. The Kier molecular flexibility index (Phi) is 5.50. The maximum absolute atomic E-state index is 13.0. The molecule has 0 unspecified atom stereocenters. The molecular weight excluding hydrogens is 446 g/mol. The minimum Gasteiger partial charge on any atom is -0.378 e. The highest BCUT2D eigenvalue weighted by atomic mass is 32.1. The van der Waals surface area contributed by atoms with Gasteiger partial charge in [0, 0.05) is 18.5 Å². The molecule has 1 aromatic carbocycles. The first-order chi connectivity index (χ1) is 15.5. The Balaban J connectivity index is 1.38. The van der Waals surface area contributed by atoms with Crippen molar-refractivity contribution >= 4 is 49.8 Å². The van der Waals surface area contributed by atoms with Crippen LogP contribution in [0.5, 0.6) is 0 Å². The Morgan fingerprint density at radius 2 is 1.81 bits per heavy atom. The van der Waals surface area contributed by atoms with Gasteiger partial charge < -0.3 is 9.64 Å². The van der Waals surface area contributed by atoms with E-state index in [0.717, 1.165) is 21.6 Å². The summed E-state index contributed by atoms with van der Waals surface area (Å²) in [4.78, 5) is 34.0. The summed E-state index contributed by atoms with van der Waals surface area (Å²) in [5.41, 5.74) is 2.43. The number of anilines is 1. The smallest absolute Gasteiger partial charge is 0.267 e. The van der Waals surface area contributed by atoms with E-state index < -0.39 is 0 Å². The summed E-state index contributed by atoms with van der Waals surface area (Å²) < 4.78 is 7.18. The number of hydrogen-bond acceptors (Lipinski definition) is 7. The minimum absolute atomic E-state index is 0.0655. The van der Waals surface area contributed by atoms with Gasteiger partial charge in [0.25, 0.3) is 11.8 Å². The third-order valence-corrected chi connectivity index (χ3v) is 7.45. The highest BCUT2D eigenvalue weighted by Crippen LogP contribution is 2.31. The number of para-hydroxylation sites is 1. The molecule has 10 heteroatoms. The van der Waals surface area contributed by atoms with Gasteiger partial charge in [-0.15, -0.1) is 11.3 Å². The van der Waals surface area contributed by atoms with Gasteiger partial charge in [0.15, 0.2) is 5.13 Å². The number of fused-ring (bicyclic) bond motifs is 1. The fourth-order valence-electron chi connectivity index (χ4n) is 3.62. The van der Waals surface area contributed by atoms with Crippen molar-refractivity contribution in [3.63, 3.8) is 0 Å². The average molecular weight is 468 g/mol. The number of aryl methyl sites for hydroxylation is 2. The van der Waals surface area contributed by atoms with Gasteiger partial charge >= 0.3 is 0 Å². The topological polar surface area (TPSA) is 89.3 Å². The van der Waals surface area contributed by atoms with Crippen LogP contribution in [-0.4, -0.2) is 57.8 Å². The van der Waals surface area contributed by atoms with Crippen molar-refractivity contribution in [2.75, 3.05) is 31.6 Å². The van der Waals surface area contributed by atoms with Gasteiger partial charge in [0.1, 0.15) is 9.71 Å². The summed E-state index contributed by atoms with van der Waals surface area (Å²) >= 11 is 2.59. The Morgan fingerprint density at radius 1 is 1.06 bits per heavy atom. The number of carbonyl (C=O) groups excluding carboxylic acids is 2. The lowest BCUT2D eigenvalue weighted by Crippen LogP contribution is -2.40. The Hall–Kier alpha value is -3.08. The molecule has 164 valence electrons. The van der Waals surface area contributed by atoms with E-state index in [1.54, 1.807) is 11.8 Å². The van der Waals surface area contributed by atoms with Crippen molar-refractivity contribution in [2.24, 2.45) is 0 Å². The van der Waals surface area contributed by atoms with E-state index in [1.165, 1.54) is 22.7 Å². The number of hydrogen-bond donors (Lipinski definition) is 1. The third-order valence-electron chi connectivity index (χ3n) is 5.28. The number of rotatable bonds is 4. The fourth-order valence-corrected chi connectivity index (χ4v) is 5.63. The number of carbonyl (C=O) groups is 2. The maximum atomic E-state index is 13.0. The molecule has 5 rings (SSSR count). The molecule has 4 heterocycles. The molecule has 1 saturated heterocycles. The van der Waals surface area contributed by atoms with Gasteiger partial charge in [-0.2, -0.15) is 5.10 Å². The number of amides is 2. The number of benzene rings is 1. The molecule has 0 spiro atoms. The Morgan fingerprint density at radius 3 is 2.56 bits per heavy atom. The van der Waals surface area contributed by atoms with Crippen LogP contribution >= 0.6 is 22.7 Å². The van der Waals surface area contributed by atoms with Gasteiger partial charge in [-0.1, -0.05) is 29.5 Å². The maximum Gasteiger partial charge on any atom is 0.267 e. The second kappa shape index (κ2) is 8.45. The van der Waals surface area contributed by atoms with E-state index in [2.05, 4.69) is 15.4 Å². The molecule has 0 radical (unpaired) electrons. The number of morpholine rings is 1. The fraction of sp³-hybridized carbons (Fsp3) is 0.273. The van der Waals surface area contributed by atoms with Crippen LogP contribution in [0.4, 0.5) is 5.13 Å².